The third-order valence-electron chi connectivity index (χ3n) is 2.71. The second-order valence-corrected chi connectivity index (χ2v) is 4.23. The van der Waals surface area contributed by atoms with Crippen molar-refractivity contribution >= 4 is 5.82 Å². The van der Waals surface area contributed by atoms with Crippen LogP contribution in [0.1, 0.15) is 6.92 Å². The van der Waals surface area contributed by atoms with Gasteiger partial charge in [0.05, 0.1) is 11.9 Å². The number of hydrogen-bond donors (Lipinski definition) is 2. The first-order valence-corrected chi connectivity index (χ1v) is 6.24. The van der Waals surface area contributed by atoms with Crippen LogP contribution in [0.5, 0.6) is 0 Å². The monoisotopic (exact) mass is 270 g/mol. The molecule has 0 saturated carbocycles. The van der Waals surface area contributed by atoms with Crippen LogP contribution in [0.3, 0.4) is 0 Å². The summed E-state index contributed by atoms with van der Waals surface area (Å²) in [7, 11) is 1.87. The molecule has 3 aromatic heterocycles. The molecule has 0 unspecified atom stereocenters. The first kappa shape index (κ1) is 12.3. The second-order valence-electron chi connectivity index (χ2n) is 4.23. The van der Waals surface area contributed by atoms with Crippen molar-refractivity contribution in [3.05, 3.63) is 24.8 Å². The lowest BCUT2D eigenvalue weighted by Gasteiger charge is -2.06. The summed E-state index contributed by atoms with van der Waals surface area (Å²) in [6.45, 7) is 2.79. The predicted molar refractivity (Wildman–Crippen MR) is 73.8 cm³/mol. The Morgan fingerprint density at radius 2 is 2.25 bits per heavy atom. The molecule has 0 spiro atoms. The molecule has 0 bridgehead atoms. The minimum atomic E-state index is 0.500. The molecule has 0 amide bonds. The Labute approximate surface area is 115 Å². The summed E-state index contributed by atoms with van der Waals surface area (Å²) in [5.74, 6) is 1.78. The van der Waals surface area contributed by atoms with Gasteiger partial charge in [-0.1, -0.05) is 0 Å². The molecule has 0 aliphatic heterocycles. The molecule has 102 valence electrons. The third kappa shape index (κ3) is 2.35. The number of anilines is 1. The van der Waals surface area contributed by atoms with Crippen LogP contribution in [0.25, 0.3) is 22.9 Å². The van der Waals surface area contributed by atoms with Gasteiger partial charge in [0.25, 0.3) is 0 Å². The number of nitrogens with one attached hydrogen (secondary N) is 2. The Morgan fingerprint density at radius 3 is 2.90 bits per heavy atom. The SMILES string of the molecule is CCNc1cc(-c2cnn(C)c2)nc(-c2ncn[nH]2)n1. The average Bonchev–Trinajstić information content (AvgIpc) is 3.09. The van der Waals surface area contributed by atoms with E-state index in [1.54, 1.807) is 10.9 Å². The van der Waals surface area contributed by atoms with Gasteiger partial charge in [0, 0.05) is 31.4 Å². The standard InChI is InChI=1S/C12H14N8/c1-3-13-10-4-9(8-5-16-20(2)6-8)17-12(18-10)11-14-7-15-19-11/h4-7H,3H2,1-2H3,(H,13,17,18)(H,14,15,19). The Bertz CT molecular complexity index is 700. The van der Waals surface area contributed by atoms with Crippen molar-refractivity contribution in [1.82, 2.24) is 34.9 Å². The Morgan fingerprint density at radius 1 is 1.35 bits per heavy atom. The fraction of sp³-hybridized carbons (Fsp3) is 0.250. The van der Waals surface area contributed by atoms with E-state index in [0.29, 0.717) is 11.6 Å². The molecule has 0 aliphatic rings. The van der Waals surface area contributed by atoms with E-state index in [1.807, 2.05) is 26.2 Å². The van der Waals surface area contributed by atoms with Crippen LogP contribution in [0.4, 0.5) is 5.82 Å². The Kier molecular flexibility index (Phi) is 3.12. The maximum Gasteiger partial charge on any atom is 0.199 e. The van der Waals surface area contributed by atoms with Crippen LogP contribution < -0.4 is 5.32 Å². The normalized spacial score (nSPS) is 10.7. The first-order chi connectivity index (χ1) is 9.76. The number of aryl methyl sites for hydroxylation is 1. The van der Waals surface area contributed by atoms with Crippen LogP contribution >= 0.6 is 0 Å². The zero-order chi connectivity index (χ0) is 13.9. The van der Waals surface area contributed by atoms with Gasteiger partial charge in [-0.2, -0.15) is 10.2 Å². The van der Waals surface area contributed by atoms with Gasteiger partial charge in [0.2, 0.25) is 0 Å². The van der Waals surface area contributed by atoms with E-state index >= 15 is 0 Å². The largest absolute Gasteiger partial charge is 0.370 e. The molecule has 0 radical (unpaired) electrons. The molecule has 3 rings (SSSR count). The average molecular weight is 270 g/mol. The highest BCUT2D eigenvalue weighted by molar-refractivity contribution is 5.64. The highest BCUT2D eigenvalue weighted by Gasteiger charge is 2.11. The van der Waals surface area contributed by atoms with Crippen LogP contribution in [-0.4, -0.2) is 41.5 Å². The fourth-order valence-electron chi connectivity index (χ4n) is 1.84. The Hall–Kier alpha value is -2.77. The number of rotatable bonds is 4. The number of aromatic amines is 1. The summed E-state index contributed by atoms with van der Waals surface area (Å²) in [6.07, 6.45) is 5.10. The van der Waals surface area contributed by atoms with Gasteiger partial charge >= 0.3 is 0 Å². The van der Waals surface area contributed by atoms with Crippen LogP contribution in [-0.2, 0) is 7.05 Å². The maximum atomic E-state index is 4.50. The smallest absolute Gasteiger partial charge is 0.199 e. The van der Waals surface area contributed by atoms with Crippen molar-refractivity contribution in [3.8, 4) is 22.9 Å². The minimum Gasteiger partial charge on any atom is -0.370 e. The van der Waals surface area contributed by atoms with Crippen molar-refractivity contribution in [3.63, 3.8) is 0 Å². The zero-order valence-electron chi connectivity index (χ0n) is 11.2. The molecule has 2 N–H and O–H groups in total. The molecule has 8 heteroatoms. The Balaban J connectivity index is 2.09. The molecular weight excluding hydrogens is 256 g/mol. The minimum absolute atomic E-state index is 0.500. The molecule has 20 heavy (non-hydrogen) atoms. The predicted octanol–water partition coefficient (Wildman–Crippen LogP) is 1.09. The highest BCUT2D eigenvalue weighted by atomic mass is 15.2. The second kappa shape index (κ2) is 5.08. The fourth-order valence-corrected chi connectivity index (χ4v) is 1.84. The molecular formula is C12H14N8. The van der Waals surface area contributed by atoms with E-state index in [-0.39, 0.29) is 0 Å². The van der Waals surface area contributed by atoms with E-state index in [9.17, 15) is 0 Å². The van der Waals surface area contributed by atoms with Crippen LogP contribution in [0.2, 0.25) is 0 Å². The first-order valence-electron chi connectivity index (χ1n) is 6.24. The highest BCUT2D eigenvalue weighted by Crippen LogP contribution is 2.22. The topological polar surface area (TPSA) is 97.2 Å². The van der Waals surface area contributed by atoms with Crippen molar-refractivity contribution in [2.24, 2.45) is 7.05 Å². The van der Waals surface area contributed by atoms with Gasteiger partial charge in [-0.05, 0) is 6.92 Å². The van der Waals surface area contributed by atoms with E-state index in [4.69, 9.17) is 0 Å². The van der Waals surface area contributed by atoms with Crippen LogP contribution in [0, 0.1) is 0 Å². The molecule has 3 heterocycles. The summed E-state index contributed by atoms with van der Waals surface area (Å²) in [5.41, 5.74) is 1.71. The lowest BCUT2D eigenvalue weighted by atomic mass is 10.2. The molecule has 0 fully saturated rings. The number of H-pyrrole nitrogens is 1. The van der Waals surface area contributed by atoms with Gasteiger partial charge in [0.15, 0.2) is 11.6 Å². The van der Waals surface area contributed by atoms with E-state index in [1.165, 1.54) is 6.33 Å². The van der Waals surface area contributed by atoms with E-state index < -0.39 is 0 Å². The summed E-state index contributed by atoms with van der Waals surface area (Å²) in [4.78, 5) is 13.0. The molecule has 0 aliphatic carbocycles. The van der Waals surface area contributed by atoms with Crippen molar-refractivity contribution in [1.29, 1.82) is 0 Å². The number of hydrogen-bond acceptors (Lipinski definition) is 6. The molecule has 0 saturated heterocycles. The molecule has 8 nitrogen and oxygen atoms in total. The quantitative estimate of drug-likeness (QED) is 0.736. The van der Waals surface area contributed by atoms with Crippen LogP contribution in [0.15, 0.2) is 24.8 Å². The summed E-state index contributed by atoms with van der Waals surface area (Å²) in [5, 5.41) is 13.9. The third-order valence-corrected chi connectivity index (χ3v) is 2.71. The van der Waals surface area contributed by atoms with Crippen molar-refractivity contribution < 1.29 is 0 Å². The zero-order valence-corrected chi connectivity index (χ0v) is 11.2. The molecule has 3 aromatic rings. The van der Waals surface area contributed by atoms with E-state index in [0.717, 1.165) is 23.6 Å². The van der Waals surface area contributed by atoms with Gasteiger partial charge < -0.3 is 5.32 Å². The molecule has 0 atom stereocenters. The maximum absolute atomic E-state index is 4.50. The van der Waals surface area contributed by atoms with Crippen molar-refractivity contribution in [2.45, 2.75) is 6.92 Å². The summed E-state index contributed by atoms with van der Waals surface area (Å²) < 4.78 is 1.73. The van der Waals surface area contributed by atoms with Gasteiger partial charge in [-0.3, -0.25) is 9.78 Å². The number of nitrogens with zero attached hydrogens (tertiary/aromatic N) is 6. The summed E-state index contributed by atoms with van der Waals surface area (Å²) >= 11 is 0. The van der Waals surface area contributed by atoms with Gasteiger partial charge in [0.1, 0.15) is 12.1 Å². The molecule has 0 aromatic carbocycles. The number of aromatic nitrogens is 7. The van der Waals surface area contributed by atoms with Gasteiger partial charge in [-0.15, -0.1) is 0 Å². The van der Waals surface area contributed by atoms with Gasteiger partial charge in [-0.25, -0.2) is 15.0 Å². The van der Waals surface area contributed by atoms with Crippen molar-refractivity contribution in [2.75, 3.05) is 11.9 Å². The summed E-state index contributed by atoms with van der Waals surface area (Å²) in [6, 6.07) is 1.89. The lowest BCUT2D eigenvalue weighted by molar-refractivity contribution is 0.768. The lowest BCUT2D eigenvalue weighted by Crippen LogP contribution is -2.03. The van der Waals surface area contributed by atoms with E-state index in [2.05, 4.69) is 35.6 Å².